The number of alkyl halides is 1. The third kappa shape index (κ3) is 1.71. The van der Waals surface area contributed by atoms with E-state index in [0.29, 0.717) is 10.7 Å². The Morgan fingerprint density at radius 1 is 1.82 bits per heavy atom. The normalized spacial score (nSPS) is 26.7. The first-order chi connectivity index (χ1) is 5.13. The van der Waals surface area contributed by atoms with Gasteiger partial charge in [0, 0.05) is 0 Å². The summed E-state index contributed by atoms with van der Waals surface area (Å²) in [5.74, 6) is 0. The van der Waals surface area contributed by atoms with E-state index < -0.39 is 6.17 Å². The van der Waals surface area contributed by atoms with E-state index in [1.54, 1.807) is 0 Å². The van der Waals surface area contributed by atoms with Crippen LogP contribution in [0.5, 0.6) is 0 Å². The average molecular weight is 177 g/mol. The molecule has 2 atom stereocenters. The molecule has 0 amide bonds. The van der Waals surface area contributed by atoms with Crippen LogP contribution in [0.15, 0.2) is 15.7 Å². The highest BCUT2D eigenvalue weighted by molar-refractivity contribution is 6.31. The molecule has 0 aromatic carbocycles. The molecule has 0 fully saturated rings. The molecule has 0 radical (unpaired) electrons. The summed E-state index contributed by atoms with van der Waals surface area (Å²) in [6.45, 7) is 3.28. The molecule has 1 rings (SSSR count). The molecule has 2 nitrogen and oxygen atoms in total. The fourth-order valence-corrected chi connectivity index (χ4v) is 1.13. The van der Waals surface area contributed by atoms with E-state index in [1.165, 1.54) is 13.3 Å². The van der Waals surface area contributed by atoms with Crippen LogP contribution in [0.3, 0.4) is 0 Å². The van der Waals surface area contributed by atoms with Gasteiger partial charge in [-0.3, -0.25) is 0 Å². The monoisotopic (exact) mass is 176 g/mol. The zero-order valence-corrected chi connectivity index (χ0v) is 7.19. The highest BCUT2D eigenvalue weighted by Crippen LogP contribution is 2.21. The molecule has 62 valence electrons. The second-order valence-corrected chi connectivity index (χ2v) is 2.90. The third-order valence-corrected chi connectivity index (χ3v) is 2.05. The summed E-state index contributed by atoms with van der Waals surface area (Å²) in [5, 5.41) is 3.33. The second-order valence-electron chi connectivity index (χ2n) is 2.50. The molecular weight excluding hydrogens is 167 g/mol. The lowest BCUT2D eigenvalue weighted by Crippen LogP contribution is -2.29. The first kappa shape index (κ1) is 8.53. The van der Waals surface area contributed by atoms with Gasteiger partial charge in [-0.05, 0) is 13.8 Å². The van der Waals surface area contributed by atoms with Crippen LogP contribution in [0.4, 0.5) is 4.39 Å². The second kappa shape index (κ2) is 3.22. The van der Waals surface area contributed by atoms with Gasteiger partial charge < -0.3 is 5.32 Å². The zero-order valence-electron chi connectivity index (χ0n) is 6.44. The van der Waals surface area contributed by atoms with Crippen molar-refractivity contribution in [1.82, 2.24) is 5.32 Å². The van der Waals surface area contributed by atoms with Crippen molar-refractivity contribution in [2.45, 2.75) is 26.1 Å². The predicted octanol–water partition coefficient (Wildman–Crippen LogP) is 1.81. The van der Waals surface area contributed by atoms with Crippen molar-refractivity contribution in [3.8, 4) is 0 Å². The van der Waals surface area contributed by atoms with E-state index in [0.717, 1.165) is 0 Å². The van der Waals surface area contributed by atoms with Gasteiger partial charge in [-0.25, -0.2) is 9.38 Å². The Bertz CT molecular complexity index is 210. The molecule has 11 heavy (non-hydrogen) atoms. The molecule has 1 heterocycles. The third-order valence-electron chi connectivity index (χ3n) is 1.53. The van der Waals surface area contributed by atoms with Crippen molar-refractivity contribution in [3.05, 3.63) is 10.7 Å². The van der Waals surface area contributed by atoms with Crippen molar-refractivity contribution in [2.75, 3.05) is 0 Å². The Morgan fingerprint density at radius 2 is 2.45 bits per heavy atom. The number of nitrogens with zero attached hydrogens (tertiary/aromatic N) is 1. The van der Waals surface area contributed by atoms with Crippen LogP contribution >= 0.6 is 11.6 Å². The van der Waals surface area contributed by atoms with Gasteiger partial charge >= 0.3 is 0 Å². The quantitative estimate of drug-likeness (QED) is 0.648. The van der Waals surface area contributed by atoms with Crippen molar-refractivity contribution < 1.29 is 4.39 Å². The molecular formula is C7H10ClFN2. The van der Waals surface area contributed by atoms with Crippen molar-refractivity contribution in [1.29, 1.82) is 0 Å². The minimum absolute atomic E-state index is 0.0256. The van der Waals surface area contributed by atoms with Crippen LogP contribution in [0.1, 0.15) is 13.8 Å². The smallest absolute Gasteiger partial charge is 0.140 e. The summed E-state index contributed by atoms with van der Waals surface area (Å²) in [5.41, 5.74) is 0.331. The summed E-state index contributed by atoms with van der Waals surface area (Å²) < 4.78 is 12.7. The Morgan fingerprint density at radius 3 is 2.91 bits per heavy atom. The average Bonchev–Trinajstić information content (AvgIpc) is 1.94. The summed E-state index contributed by atoms with van der Waals surface area (Å²) in [4.78, 5) is 3.80. The van der Waals surface area contributed by atoms with E-state index in [4.69, 9.17) is 11.6 Å². The highest BCUT2D eigenvalue weighted by Gasteiger charge is 2.18. The van der Waals surface area contributed by atoms with Gasteiger partial charge in [0.2, 0.25) is 0 Å². The number of nitrogens with one attached hydrogen (secondary N) is 1. The number of rotatable bonds is 1. The molecule has 0 spiro atoms. The largest absolute Gasteiger partial charge is 0.369 e. The highest BCUT2D eigenvalue weighted by atomic mass is 35.5. The molecule has 2 unspecified atom stereocenters. The topological polar surface area (TPSA) is 24.4 Å². The number of allylic oxidation sites excluding steroid dienone is 1. The van der Waals surface area contributed by atoms with E-state index in [1.807, 2.05) is 6.92 Å². The van der Waals surface area contributed by atoms with E-state index in [-0.39, 0.29) is 6.04 Å². The molecule has 0 saturated heterocycles. The minimum Gasteiger partial charge on any atom is -0.369 e. The number of aliphatic imine (C=N–C) groups is 1. The SMILES string of the molecule is CC(F)C1=C(Cl)C(C)NC=N1. The maximum absolute atomic E-state index is 12.7. The van der Waals surface area contributed by atoms with Crippen LogP contribution < -0.4 is 5.32 Å². The van der Waals surface area contributed by atoms with Gasteiger partial charge in [-0.1, -0.05) is 11.6 Å². The van der Waals surface area contributed by atoms with Crippen LogP contribution in [0.25, 0.3) is 0 Å². The molecule has 0 saturated carbocycles. The first-order valence-corrected chi connectivity index (χ1v) is 3.83. The lowest BCUT2D eigenvalue weighted by molar-refractivity contribution is 0.404. The van der Waals surface area contributed by atoms with Gasteiger partial charge in [0.25, 0.3) is 0 Å². The summed E-state index contributed by atoms with van der Waals surface area (Å²) >= 11 is 5.79. The fraction of sp³-hybridized carbons (Fsp3) is 0.571. The minimum atomic E-state index is -1.09. The fourth-order valence-electron chi connectivity index (χ4n) is 0.868. The Hall–Kier alpha value is -0.570. The summed E-state index contributed by atoms with van der Waals surface area (Å²) in [6.07, 6.45) is 0.380. The van der Waals surface area contributed by atoms with Crippen LogP contribution in [-0.2, 0) is 0 Å². The molecule has 1 aliphatic heterocycles. The Balaban J connectivity index is 2.89. The van der Waals surface area contributed by atoms with E-state index in [2.05, 4.69) is 10.3 Å². The van der Waals surface area contributed by atoms with Crippen molar-refractivity contribution in [2.24, 2.45) is 4.99 Å². The van der Waals surface area contributed by atoms with Gasteiger partial charge in [0.05, 0.1) is 23.1 Å². The van der Waals surface area contributed by atoms with Crippen LogP contribution in [0, 0.1) is 0 Å². The van der Waals surface area contributed by atoms with Crippen molar-refractivity contribution in [3.63, 3.8) is 0 Å². The van der Waals surface area contributed by atoms with Gasteiger partial charge in [-0.2, -0.15) is 0 Å². The van der Waals surface area contributed by atoms with Gasteiger partial charge in [0.15, 0.2) is 0 Å². The zero-order chi connectivity index (χ0) is 8.43. The Kier molecular flexibility index (Phi) is 2.49. The predicted molar refractivity (Wildman–Crippen MR) is 44.5 cm³/mol. The van der Waals surface area contributed by atoms with Gasteiger partial charge in [-0.15, -0.1) is 0 Å². The maximum Gasteiger partial charge on any atom is 0.140 e. The van der Waals surface area contributed by atoms with Crippen LogP contribution in [-0.4, -0.2) is 18.6 Å². The summed E-state index contributed by atoms with van der Waals surface area (Å²) in [7, 11) is 0. The molecule has 0 aromatic heterocycles. The number of hydrogen-bond acceptors (Lipinski definition) is 2. The molecule has 1 aliphatic rings. The molecule has 0 aliphatic carbocycles. The van der Waals surface area contributed by atoms with E-state index >= 15 is 0 Å². The van der Waals surface area contributed by atoms with E-state index in [9.17, 15) is 4.39 Å². The molecule has 1 N–H and O–H groups in total. The standard InChI is InChI=1S/C7H10ClFN2/c1-4(9)7-6(8)5(2)10-3-11-7/h3-5H,1-2H3,(H,10,11). The lowest BCUT2D eigenvalue weighted by atomic mass is 10.2. The number of halogens is 2. The maximum atomic E-state index is 12.7. The lowest BCUT2D eigenvalue weighted by Gasteiger charge is -2.18. The van der Waals surface area contributed by atoms with Crippen LogP contribution in [0.2, 0.25) is 0 Å². The number of hydrogen-bond donors (Lipinski definition) is 1. The summed E-state index contributed by atoms with van der Waals surface area (Å²) in [6, 6.07) is -0.0256. The molecule has 0 bridgehead atoms. The Labute approximate surface area is 70.1 Å². The molecule has 4 heteroatoms. The van der Waals surface area contributed by atoms with Gasteiger partial charge in [0.1, 0.15) is 6.17 Å². The first-order valence-electron chi connectivity index (χ1n) is 3.45. The van der Waals surface area contributed by atoms with Crippen molar-refractivity contribution >= 4 is 17.9 Å². The molecule has 0 aromatic rings.